The van der Waals surface area contributed by atoms with Gasteiger partial charge in [-0.15, -0.1) is 0 Å². The Labute approximate surface area is 90.9 Å². The van der Waals surface area contributed by atoms with Crippen LogP contribution in [0.25, 0.3) is 0 Å². The number of hydrogen-bond donors (Lipinski definition) is 0. The van der Waals surface area contributed by atoms with Crippen molar-refractivity contribution in [2.75, 3.05) is 0 Å². The van der Waals surface area contributed by atoms with Crippen LogP contribution in [0.2, 0.25) is 0 Å². The average molecular weight is 248 g/mol. The molecule has 5 heteroatoms. The maximum atomic E-state index is 5.95. The molecule has 0 radical (unpaired) electrons. The third kappa shape index (κ3) is 3.55. The SMILES string of the molecule is ClC(Cl)(Cl)OC1(Cl)C=CC=CC1. The third-order valence-electron chi connectivity index (χ3n) is 1.27. The lowest BCUT2D eigenvalue weighted by Gasteiger charge is -2.27. The summed E-state index contributed by atoms with van der Waals surface area (Å²) in [5.74, 6) is 0. The van der Waals surface area contributed by atoms with E-state index in [0.717, 1.165) is 0 Å². The van der Waals surface area contributed by atoms with Crippen molar-refractivity contribution in [2.45, 2.75) is 15.5 Å². The van der Waals surface area contributed by atoms with Gasteiger partial charge >= 0.3 is 0 Å². The topological polar surface area (TPSA) is 9.23 Å². The summed E-state index contributed by atoms with van der Waals surface area (Å²) in [5, 5.41) is -1.03. The van der Waals surface area contributed by atoms with E-state index in [1.165, 1.54) is 0 Å². The lowest BCUT2D eigenvalue weighted by atomic mass is 10.1. The van der Waals surface area contributed by atoms with Crippen LogP contribution in [0.5, 0.6) is 0 Å². The Morgan fingerprint density at radius 3 is 2.33 bits per heavy atom. The lowest BCUT2D eigenvalue weighted by molar-refractivity contribution is 0.0494. The number of alkyl halides is 4. The smallest absolute Gasteiger partial charge is 0.299 e. The van der Waals surface area contributed by atoms with E-state index in [9.17, 15) is 0 Å². The van der Waals surface area contributed by atoms with E-state index in [4.69, 9.17) is 51.1 Å². The van der Waals surface area contributed by atoms with Crippen LogP contribution >= 0.6 is 46.4 Å². The van der Waals surface area contributed by atoms with Gasteiger partial charge in [-0.3, -0.25) is 0 Å². The van der Waals surface area contributed by atoms with E-state index in [1.807, 2.05) is 12.2 Å². The van der Waals surface area contributed by atoms with Gasteiger partial charge in [-0.25, -0.2) is 0 Å². The highest BCUT2D eigenvalue weighted by molar-refractivity contribution is 6.66. The minimum Gasteiger partial charge on any atom is -0.308 e. The van der Waals surface area contributed by atoms with Crippen LogP contribution in [0, 0.1) is 0 Å². The van der Waals surface area contributed by atoms with Gasteiger partial charge in [-0.2, -0.15) is 0 Å². The van der Waals surface area contributed by atoms with Gasteiger partial charge in [0.1, 0.15) is 0 Å². The van der Waals surface area contributed by atoms with Crippen molar-refractivity contribution in [1.82, 2.24) is 0 Å². The van der Waals surface area contributed by atoms with Crippen molar-refractivity contribution in [3.63, 3.8) is 0 Å². The first-order valence-electron chi connectivity index (χ1n) is 3.21. The molecule has 0 spiro atoms. The summed E-state index contributed by atoms with van der Waals surface area (Å²) in [5.41, 5.74) is 0. The molecule has 0 fully saturated rings. The molecule has 1 aliphatic carbocycles. The maximum absolute atomic E-state index is 5.95. The van der Waals surface area contributed by atoms with Gasteiger partial charge in [0.25, 0.3) is 3.98 Å². The van der Waals surface area contributed by atoms with E-state index in [1.54, 1.807) is 12.2 Å². The van der Waals surface area contributed by atoms with Crippen molar-refractivity contribution >= 4 is 46.4 Å². The van der Waals surface area contributed by atoms with Crippen LogP contribution in [0.3, 0.4) is 0 Å². The van der Waals surface area contributed by atoms with Gasteiger partial charge in [-0.1, -0.05) is 64.6 Å². The largest absolute Gasteiger partial charge is 0.308 e. The molecule has 0 aromatic carbocycles. The molecule has 1 rings (SSSR count). The fourth-order valence-corrected chi connectivity index (χ4v) is 1.65. The second-order valence-corrected chi connectivity index (χ2v) is 5.14. The van der Waals surface area contributed by atoms with E-state index in [2.05, 4.69) is 0 Å². The third-order valence-corrected chi connectivity index (χ3v) is 1.86. The first-order valence-corrected chi connectivity index (χ1v) is 4.73. The second kappa shape index (κ2) is 3.77. The summed E-state index contributed by atoms with van der Waals surface area (Å²) in [6, 6.07) is 0. The van der Waals surface area contributed by atoms with E-state index >= 15 is 0 Å². The monoisotopic (exact) mass is 246 g/mol. The predicted molar refractivity (Wildman–Crippen MR) is 52.9 cm³/mol. The zero-order chi connectivity index (χ0) is 9.24. The lowest BCUT2D eigenvalue weighted by Crippen LogP contribution is -2.29. The number of ether oxygens (including phenoxy) is 1. The fourth-order valence-electron chi connectivity index (χ4n) is 0.843. The molecule has 0 aromatic heterocycles. The van der Waals surface area contributed by atoms with E-state index < -0.39 is 9.04 Å². The van der Waals surface area contributed by atoms with Gasteiger partial charge < -0.3 is 4.74 Å². The van der Waals surface area contributed by atoms with Crippen LogP contribution in [0.4, 0.5) is 0 Å². The average Bonchev–Trinajstić information content (AvgIpc) is 1.83. The van der Waals surface area contributed by atoms with Crippen molar-refractivity contribution < 1.29 is 4.74 Å². The zero-order valence-electron chi connectivity index (χ0n) is 5.94. The molecular weight excluding hydrogens is 242 g/mol. The predicted octanol–water partition coefficient (Wildman–Crippen LogP) is 3.78. The molecule has 0 heterocycles. The highest BCUT2D eigenvalue weighted by atomic mass is 35.6. The molecule has 1 atom stereocenters. The van der Waals surface area contributed by atoms with Crippen LogP contribution in [0.1, 0.15) is 6.42 Å². The summed E-state index contributed by atoms with van der Waals surface area (Å²) >= 11 is 22.2. The van der Waals surface area contributed by atoms with Crippen molar-refractivity contribution in [2.24, 2.45) is 0 Å². The van der Waals surface area contributed by atoms with Crippen LogP contribution < -0.4 is 0 Å². The first-order chi connectivity index (χ1) is 5.41. The Kier molecular flexibility index (Phi) is 3.35. The highest BCUT2D eigenvalue weighted by Crippen LogP contribution is 2.38. The summed E-state index contributed by atoms with van der Waals surface area (Å²) in [6.45, 7) is 0. The van der Waals surface area contributed by atoms with Crippen molar-refractivity contribution in [3.8, 4) is 0 Å². The van der Waals surface area contributed by atoms with Crippen LogP contribution in [-0.4, -0.2) is 9.04 Å². The number of hydrogen-bond acceptors (Lipinski definition) is 1. The van der Waals surface area contributed by atoms with Crippen LogP contribution in [0.15, 0.2) is 24.3 Å². The number of halogens is 4. The normalized spacial score (nSPS) is 29.3. The van der Waals surface area contributed by atoms with Gasteiger partial charge in [0, 0.05) is 6.42 Å². The molecule has 0 amide bonds. The Hall–Kier alpha value is 0.600. The highest BCUT2D eigenvalue weighted by Gasteiger charge is 2.35. The standard InChI is InChI=1S/C7H6Cl4O/c8-6(12-7(9,10)11)4-2-1-3-5-6/h1-4H,5H2. The van der Waals surface area contributed by atoms with Gasteiger partial charge in [-0.05, 0) is 6.08 Å². The maximum Gasteiger partial charge on any atom is 0.299 e. The summed E-state index contributed by atoms with van der Waals surface area (Å²) in [6.07, 6.45) is 7.55. The molecule has 12 heavy (non-hydrogen) atoms. The Bertz CT molecular complexity index is 218. The van der Waals surface area contributed by atoms with Gasteiger partial charge in [0.2, 0.25) is 0 Å². The quantitative estimate of drug-likeness (QED) is 0.641. The van der Waals surface area contributed by atoms with E-state index in [-0.39, 0.29) is 0 Å². The molecule has 68 valence electrons. The van der Waals surface area contributed by atoms with Crippen molar-refractivity contribution in [1.29, 1.82) is 0 Å². The minimum absolute atomic E-state index is 0.485. The molecule has 1 unspecified atom stereocenters. The molecule has 0 saturated carbocycles. The minimum atomic E-state index is -1.78. The number of allylic oxidation sites excluding steroid dienone is 2. The molecular formula is C7H6Cl4O. The molecule has 1 aliphatic rings. The molecule has 1 nitrogen and oxygen atoms in total. The Morgan fingerprint density at radius 1 is 1.25 bits per heavy atom. The van der Waals surface area contributed by atoms with E-state index in [0.29, 0.717) is 6.42 Å². The summed E-state index contributed by atoms with van der Waals surface area (Å²) in [7, 11) is 0. The summed E-state index contributed by atoms with van der Waals surface area (Å²) in [4.78, 5) is 0. The zero-order valence-corrected chi connectivity index (χ0v) is 8.96. The fraction of sp³-hybridized carbons (Fsp3) is 0.429. The first kappa shape index (κ1) is 10.7. The van der Waals surface area contributed by atoms with Gasteiger partial charge in [0.05, 0.1) is 0 Å². The molecule has 0 saturated heterocycles. The molecule has 0 N–H and O–H groups in total. The number of rotatable bonds is 1. The molecule has 0 aliphatic heterocycles. The Morgan fingerprint density at radius 2 is 1.92 bits per heavy atom. The van der Waals surface area contributed by atoms with Gasteiger partial charge in [0.15, 0.2) is 5.06 Å². The van der Waals surface area contributed by atoms with Crippen LogP contribution in [-0.2, 0) is 4.74 Å². The molecule has 0 aromatic rings. The Balaban J connectivity index is 2.62. The molecule has 0 bridgehead atoms. The van der Waals surface area contributed by atoms with Crippen molar-refractivity contribution in [3.05, 3.63) is 24.3 Å². The summed E-state index contributed by atoms with van der Waals surface area (Å²) < 4.78 is 3.21. The second-order valence-electron chi connectivity index (χ2n) is 2.33.